The molecule has 1 atom stereocenters. The molecular formula is C20H24Cl2N2O5S. The largest absolute Gasteiger partial charge is 0.447 e. The van der Waals surface area contributed by atoms with Crippen molar-refractivity contribution in [3.8, 4) is 0 Å². The van der Waals surface area contributed by atoms with Crippen molar-refractivity contribution in [2.45, 2.75) is 37.8 Å². The van der Waals surface area contributed by atoms with Gasteiger partial charge in [0.1, 0.15) is 6.61 Å². The first-order valence-electron chi connectivity index (χ1n) is 9.30. The van der Waals surface area contributed by atoms with Gasteiger partial charge < -0.3 is 15.2 Å². The number of anilines is 1. The maximum Gasteiger partial charge on any atom is 0.407 e. The summed E-state index contributed by atoms with van der Waals surface area (Å²) >= 11 is 12.0. The number of halogens is 2. The second-order valence-electron chi connectivity index (χ2n) is 6.56. The fourth-order valence-corrected chi connectivity index (χ4v) is 4.70. The zero-order valence-corrected chi connectivity index (χ0v) is 19.0. The quantitative estimate of drug-likeness (QED) is 0.567. The van der Waals surface area contributed by atoms with Gasteiger partial charge in [-0.1, -0.05) is 36.2 Å². The highest BCUT2D eigenvalue weighted by Crippen LogP contribution is 2.32. The van der Waals surface area contributed by atoms with Crippen LogP contribution in [-0.2, 0) is 21.4 Å². The van der Waals surface area contributed by atoms with Crippen LogP contribution >= 0.6 is 23.2 Å². The molecule has 164 valence electrons. The minimum Gasteiger partial charge on any atom is -0.447 e. The molecule has 2 aromatic rings. The van der Waals surface area contributed by atoms with Crippen molar-refractivity contribution in [3.05, 3.63) is 58.1 Å². The Morgan fingerprint density at radius 3 is 2.40 bits per heavy atom. The van der Waals surface area contributed by atoms with Crippen LogP contribution in [0.1, 0.15) is 25.8 Å². The molecule has 1 amide bonds. The average molecular weight is 475 g/mol. The molecule has 2 rings (SSSR count). The van der Waals surface area contributed by atoms with Gasteiger partial charge in [-0.3, -0.25) is 4.31 Å². The number of aliphatic hydroxyl groups is 1. The maximum atomic E-state index is 13.5. The van der Waals surface area contributed by atoms with E-state index in [2.05, 4.69) is 5.32 Å². The van der Waals surface area contributed by atoms with E-state index in [1.165, 1.54) is 30.3 Å². The Hall–Kier alpha value is -2.00. The number of amides is 1. The molecule has 0 aliphatic heterocycles. The molecule has 0 spiro atoms. The van der Waals surface area contributed by atoms with Crippen LogP contribution in [0.15, 0.2) is 47.4 Å². The van der Waals surface area contributed by atoms with Crippen LogP contribution in [0, 0.1) is 0 Å². The zero-order chi connectivity index (χ0) is 22.3. The molecule has 2 aromatic carbocycles. The number of hydrogen-bond acceptors (Lipinski definition) is 5. The molecule has 0 aromatic heterocycles. The van der Waals surface area contributed by atoms with E-state index in [4.69, 9.17) is 27.9 Å². The topological polar surface area (TPSA) is 95.9 Å². The van der Waals surface area contributed by atoms with Crippen LogP contribution < -0.4 is 9.62 Å². The summed E-state index contributed by atoms with van der Waals surface area (Å²) < 4.78 is 33.3. The van der Waals surface area contributed by atoms with E-state index in [1.807, 2.05) is 6.92 Å². The Bertz CT molecular complexity index is 968. The third kappa shape index (κ3) is 6.01. The van der Waals surface area contributed by atoms with Gasteiger partial charge >= 0.3 is 6.09 Å². The molecule has 0 unspecified atom stereocenters. The van der Waals surface area contributed by atoms with Gasteiger partial charge in [0, 0.05) is 22.2 Å². The van der Waals surface area contributed by atoms with Gasteiger partial charge in [0.05, 0.1) is 23.2 Å². The highest BCUT2D eigenvalue weighted by atomic mass is 35.5. The molecule has 0 fully saturated rings. The van der Waals surface area contributed by atoms with E-state index in [1.54, 1.807) is 19.1 Å². The summed E-state index contributed by atoms with van der Waals surface area (Å²) in [5, 5.41) is 13.0. The van der Waals surface area contributed by atoms with Crippen molar-refractivity contribution in [1.82, 2.24) is 5.32 Å². The van der Waals surface area contributed by atoms with Crippen molar-refractivity contribution in [2.24, 2.45) is 0 Å². The van der Waals surface area contributed by atoms with E-state index in [0.29, 0.717) is 22.2 Å². The predicted octanol–water partition coefficient (Wildman–Crippen LogP) is 4.21. The van der Waals surface area contributed by atoms with E-state index >= 15 is 0 Å². The third-order valence-corrected chi connectivity index (χ3v) is 6.63. The Morgan fingerprint density at radius 2 is 1.80 bits per heavy atom. The van der Waals surface area contributed by atoms with Crippen molar-refractivity contribution >= 4 is 45.0 Å². The number of nitrogens with one attached hydrogen (secondary N) is 1. The van der Waals surface area contributed by atoms with Crippen LogP contribution in [0.3, 0.4) is 0 Å². The van der Waals surface area contributed by atoms with Crippen LogP contribution in [-0.4, -0.2) is 38.8 Å². The number of alkyl carbamates (subject to hydrolysis) is 1. The molecule has 0 saturated carbocycles. The van der Waals surface area contributed by atoms with Gasteiger partial charge in [-0.2, -0.15) is 0 Å². The molecule has 30 heavy (non-hydrogen) atoms. The smallest absolute Gasteiger partial charge is 0.407 e. The molecule has 0 saturated heterocycles. The van der Waals surface area contributed by atoms with Crippen molar-refractivity contribution in [2.75, 3.05) is 17.5 Å². The molecule has 0 aliphatic rings. The van der Waals surface area contributed by atoms with Gasteiger partial charge in [0.2, 0.25) is 0 Å². The minimum atomic E-state index is -4.09. The van der Waals surface area contributed by atoms with E-state index in [9.17, 15) is 18.3 Å². The SMILES string of the molecule is CCCNC(=O)OC[C@@H](C)N(c1cc(Cl)ccc1CO)S(=O)(=O)c1ccc(Cl)cc1. The van der Waals surface area contributed by atoms with Crippen molar-refractivity contribution < 1.29 is 23.1 Å². The predicted molar refractivity (Wildman–Crippen MR) is 118 cm³/mol. The Morgan fingerprint density at radius 1 is 1.17 bits per heavy atom. The number of carbonyl (C=O) groups is 1. The summed E-state index contributed by atoms with van der Waals surface area (Å²) in [4.78, 5) is 11.8. The second kappa shape index (κ2) is 10.9. The number of carbonyl (C=O) groups excluding carboxylic acids is 1. The summed E-state index contributed by atoms with van der Waals surface area (Å²) in [5.74, 6) is 0. The zero-order valence-electron chi connectivity index (χ0n) is 16.6. The number of aliphatic hydroxyl groups excluding tert-OH is 1. The number of sulfonamides is 1. The highest BCUT2D eigenvalue weighted by Gasteiger charge is 2.32. The van der Waals surface area contributed by atoms with Gasteiger partial charge in [0.15, 0.2) is 0 Å². The lowest BCUT2D eigenvalue weighted by molar-refractivity contribution is 0.141. The van der Waals surface area contributed by atoms with Crippen LogP contribution in [0.2, 0.25) is 10.0 Å². The molecular weight excluding hydrogens is 451 g/mol. The van der Waals surface area contributed by atoms with Gasteiger partial charge in [-0.25, -0.2) is 13.2 Å². The van der Waals surface area contributed by atoms with Crippen LogP contribution in [0.25, 0.3) is 0 Å². The Labute approximate surface area is 186 Å². The normalized spacial score (nSPS) is 12.3. The van der Waals surface area contributed by atoms with Gasteiger partial charge in [-0.15, -0.1) is 0 Å². The summed E-state index contributed by atoms with van der Waals surface area (Å²) in [6.45, 7) is 3.34. The fraction of sp³-hybridized carbons (Fsp3) is 0.350. The molecule has 0 heterocycles. The first-order valence-corrected chi connectivity index (χ1v) is 11.5. The molecule has 7 nitrogen and oxygen atoms in total. The lowest BCUT2D eigenvalue weighted by Crippen LogP contribution is -2.43. The Balaban J connectivity index is 2.46. The van der Waals surface area contributed by atoms with E-state index in [0.717, 1.165) is 10.7 Å². The summed E-state index contributed by atoms with van der Waals surface area (Å²) in [5.41, 5.74) is 0.559. The van der Waals surface area contributed by atoms with Crippen LogP contribution in [0.4, 0.5) is 10.5 Å². The summed E-state index contributed by atoms with van der Waals surface area (Å²) in [6.07, 6.45) is 0.102. The fourth-order valence-electron chi connectivity index (χ4n) is 2.74. The van der Waals surface area contributed by atoms with Gasteiger partial charge in [0.25, 0.3) is 10.0 Å². The number of ether oxygens (including phenoxy) is 1. The number of rotatable bonds is 9. The van der Waals surface area contributed by atoms with E-state index < -0.39 is 28.8 Å². The molecule has 0 aliphatic carbocycles. The number of nitrogens with zero attached hydrogens (tertiary/aromatic N) is 1. The van der Waals surface area contributed by atoms with E-state index in [-0.39, 0.29) is 17.2 Å². The summed E-state index contributed by atoms with van der Waals surface area (Å²) in [7, 11) is -4.09. The highest BCUT2D eigenvalue weighted by molar-refractivity contribution is 7.92. The molecule has 0 radical (unpaired) electrons. The third-order valence-electron chi connectivity index (χ3n) is 4.20. The monoisotopic (exact) mass is 474 g/mol. The lowest BCUT2D eigenvalue weighted by Gasteiger charge is -2.31. The average Bonchev–Trinajstić information content (AvgIpc) is 2.71. The second-order valence-corrected chi connectivity index (χ2v) is 9.25. The van der Waals surface area contributed by atoms with Crippen LogP contribution in [0.5, 0.6) is 0 Å². The number of hydrogen-bond donors (Lipinski definition) is 2. The first-order chi connectivity index (χ1) is 14.2. The molecule has 10 heteroatoms. The Kier molecular flexibility index (Phi) is 8.78. The first kappa shape index (κ1) is 24.3. The van der Waals surface area contributed by atoms with Crippen molar-refractivity contribution in [3.63, 3.8) is 0 Å². The minimum absolute atomic E-state index is 0.00181. The molecule has 2 N–H and O–H groups in total. The molecule has 0 bridgehead atoms. The maximum absolute atomic E-state index is 13.5. The lowest BCUT2D eigenvalue weighted by atomic mass is 10.1. The van der Waals surface area contributed by atoms with Gasteiger partial charge in [-0.05, 0) is 49.7 Å². The number of benzene rings is 2. The summed E-state index contributed by atoms with van der Waals surface area (Å²) in [6, 6.07) is 9.47. The standard InChI is InChI=1S/C20H24Cl2N2O5S/c1-3-10-23-20(26)29-13-14(2)24(19-11-17(22)5-4-15(19)12-25)30(27,28)18-8-6-16(21)7-9-18/h4-9,11,14,25H,3,10,12-13H2,1-2H3,(H,23,26)/t14-/m1/s1. The van der Waals surface area contributed by atoms with Crippen molar-refractivity contribution in [1.29, 1.82) is 0 Å².